The number of amides is 2. The van der Waals surface area contributed by atoms with Crippen LogP contribution in [-0.4, -0.2) is 47.1 Å². The van der Waals surface area contributed by atoms with Crippen molar-refractivity contribution in [1.82, 2.24) is 10.2 Å². The topological polar surface area (TPSA) is 82.8 Å². The number of carbonyl (C=O) groups is 2. The molecule has 1 aromatic rings. The Balaban J connectivity index is 1.55. The Labute approximate surface area is 142 Å². The minimum Gasteiger partial charge on any atom is -0.459 e. The van der Waals surface area contributed by atoms with E-state index in [9.17, 15) is 14.7 Å². The molecule has 24 heavy (non-hydrogen) atoms. The first-order chi connectivity index (χ1) is 11.5. The number of aliphatic hydroxyl groups excluding tert-OH is 1. The highest BCUT2D eigenvalue weighted by Crippen LogP contribution is 2.28. The van der Waals surface area contributed by atoms with Gasteiger partial charge < -0.3 is 19.7 Å². The monoisotopic (exact) mass is 334 g/mol. The van der Waals surface area contributed by atoms with Crippen molar-refractivity contribution < 1.29 is 19.1 Å². The first-order valence-corrected chi connectivity index (χ1v) is 8.85. The van der Waals surface area contributed by atoms with Crippen molar-refractivity contribution in [1.29, 1.82) is 0 Å². The molecule has 6 heteroatoms. The summed E-state index contributed by atoms with van der Waals surface area (Å²) in [6.07, 6.45) is 5.47. The molecule has 6 nitrogen and oxygen atoms in total. The zero-order valence-electron chi connectivity index (χ0n) is 14.1. The third-order valence-electron chi connectivity index (χ3n) is 5.28. The molecule has 0 radical (unpaired) electrons. The lowest BCUT2D eigenvalue weighted by molar-refractivity contribution is -0.126. The molecule has 1 saturated heterocycles. The molecule has 2 atom stereocenters. The van der Waals surface area contributed by atoms with Gasteiger partial charge in [-0.1, -0.05) is 6.92 Å². The normalized spacial score (nSPS) is 30.3. The molecule has 1 aliphatic heterocycles. The summed E-state index contributed by atoms with van der Waals surface area (Å²) in [5.74, 6) is 0.903. The van der Waals surface area contributed by atoms with Crippen molar-refractivity contribution in [2.75, 3.05) is 13.1 Å². The number of aliphatic hydroxyl groups is 1. The largest absolute Gasteiger partial charge is 0.459 e. The number of hydrogen-bond donors (Lipinski definition) is 2. The molecule has 2 aliphatic rings. The first kappa shape index (κ1) is 17.0. The summed E-state index contributed by atoms with van der Waals surface area (Å²) >= 11 is 0. The summed E-state index contributed by atoms with van der Waals surface area (Å²) in [4.78, 5) is 26.4. The zero-order chi connectivity index (χ0) is 17.1. The highest BCUT2D eigenvalue weighted by atomic mass is 16.3. The Morgan fingerprint density at radius 1 is 1.33 bits per heavy atom. The molecular weight excluding hydrogens is 308 g/mol. The molecule has 2 fully saturated rings. The van der Waals surface area contributed by atoms with Gasteiger partial charge in [0.15, 0.2) is 5.76 Å². The summed E-state index contributed by atoms with van der Waals surface area (Å²) in [5, 5.41) is 12.9. The molecular formula is C18H26N2O4. The lowest BCUT2D eigenvalue weighted by Crippen LogP contribution is -2.44. The van der Waals surface area contributed by atoms with Gasteiger partial charge in [-0.05, 0) is 50.2 Å². The predicted octanol–water partition coefficient (Wildman–Crippen LogP) is 1.80. The molecule has 0 bridgehead atoms. The number of rotatable bonds is 4. The average molecular weight is 334 g/mol. The molecule has 0 spiro atoms. The number of likely N-dealkylation sites (tertiary alicyclic amines) is 1. The Morgan fingerprint density at radius 2 is 2.08 bits per heavy atom. The van der Waals surface area contributed by atoms with Crippen LogP contribution in [0.3, 0.4) is 0 Å². The van der Waals surface area contributed by atoms with E-state index < -0.39 is 6.10 Å². The van der Waals surface area contributed by atoms with E-state index in [1.165, 1.54) is 6.26 Å². The Hall–Kier alpha value is -1.82. The highest BCUT2D eigenvalue weighted by Gasteiger charge is 2.36. The summed E-state index contributed by atoms with van der Waals surface area (Å²) in [5.41, 5.74) is 0. The lowest BCUT2D eigenvalue weighted by Gasteiger charge is -2.27. The lowest BCUT2D eigenvalue weighted by atomic mass is 9.82. The fourth-order valence-electron chi connectivity index (χ4n) is 3.76. The van der Waals surface area contributed by atoms with E-state index in [0.717, 1.165) is 25.7 Å². The minimum atomic E-state index is -0.554. The van der Waals surface area contributed by atoms with Crippen LogP contribution >= 0.6 is 0 Å². The van der Waals surface area contributed by atoms with Crippen LogP contribution in [0.25, 0.3) is 0 Å². The fraction of sp³-hybridized carbons (Fsp3) is 0.667. The van der Waals surface area contributed by atoms with Crippen LogP contribution in [-0.2, 0) is 4.79 Å². The third-order valence-corrected chi connectivity index (χ3v) is 5.28. The van der Waals surface area contributed by atoms with Crippen molar-refractivity contribution in [3.8, 4) is 0 Å². The van der Waals surface area contributed by atoms with Gasteiger partial charge in [-0.25, -0.2) is 0 Å². The Bertz CT molecular complexity index is 564. The molecule has 0 aromatic carbocycles. The van der Waals surface area contributed by atoms with Crippen LogP contribution in [0.2, 0.25) is 0 Å². The Morgan fingerprint density at radius 3 is 2.75 bits per heavy atom. The smallest absolute Gasteiger partial charge is 0.289 e. The fourth-order valence-corrected chi connectivity index (χ4v) is 3.76. The van der Waals surface area contributed by atoms with Gasteiger partial charge in [0.25, 0.3) is 5.91 Å². The molecule has 2 N–H and O–H groups in total. The molecule has 2 amide bonds. The van der Waals surface area contributed by atoms with Crippen molar-refractivity contribution in [2.45, 2.75) is 51.2 Å². The number of β-amino-alcohol motifs (C(OH)–C–C–N with tert-alkyl or cyclic N) is 1. The minimum absolute atomic E-state index is 0.0775. The number of nitrogens with zero attached hydrogens (tertiary/aromatic N) is 1. The van der Waals surface area contributed by atoms with Gasteiger partial charge in [-0.2, -0.15) is 0 Å². The molecule has 2 heterocycles. The maximum atomic E-state index is 12.5. The second-order valence-electron chi connectivity index (χ2n) is 7.18. The summed E-state index contributed by atoms with van der Waals surface area (Å²) < 4.78 is 5.16. The van der Waals surface area contributed by atoms with E-state index in [2.05, 4.69) is 12.2 Å². The van der Waals surface area contributed by atoms with Crippen LogP contribution in [0, 0.1) is 11.8 Å². The summed E-state index contributed by atoms with van der Waals surface area (Å²) in [6.45, 7) is 2.89. The molecule has 0 unspecified atom stereocenters. The molecule has 132 valence electrons. The van der Waals surface area contributed by atoms with E-state index in [1.54, 1.807) is 17.0 Å². The second kappa shape index (κ2) is 7.38. The summed E-state index contributed by atoms with van der Waals surface area (Å²) in [7, 11) is 0. The summed E-state index contributed by atoms with van der Waals surface area (Å²) in [6, 6.07) is 3.09. The molecule has 3 rings (SSSR count). The van der Waals surface area contributed by atoms with E-state index in [-0.39, 0.29) is 36.1 Å². The van der Waals surface area contributed by atoms with Gasteiger partial charge in [0.1, 0.15) is 0 Å². The number of nitrogens with one attached hydrogen (secondary N) is 1. The van der Waals surface area contributed by atoms with Crippen LogP contribution in [0.15, 0.2) is 22.8 Å². The number of hydrogen-bond acceptors (Lipinski definition) is 4. The van der Waals surface area contributed by atoms with Crippen LogP contribution in [0.5, 0.6) is 0 Å². The second-order valence-corrected chi connectivity index (χ2v) is 7.18. The van der Waals surface area contributed by atoms with Gasteiger partial charge in [0.05, 0.1) is 18.4 Å². The van der Waals surface area contributed by atoms with Crippen molar-refractivity contribution in [2.24, 2.45) is 11.8 Å². The predicted molar refractivity (Wildman–Crippen MR) is 88.3 cm³/mol. The molecule has 1 aliphatic carbocycles. The van der Waals surface area contributed by atoms with Gasteiger partial charge in [-0.3, -0.25) is 9.59 Å². The highest BCUT2D eigenvalue weighted by molar-refractivity contribution is 5.92. The quantitative estimate of drug-likeness (QED) is 0.879. The van der Waals surface area contributed by atoms with Crippen molar-refractivity contribution >= 4 is 11.8 Å². The maximum absolute atomic E-state index is 12.5. The van der Waals surface area contributed by atoms with E-state index in [1.807, 2.05) is 0 Å². The van der Waals surface area contributed by atoms with Gasteiger partial charge in [0, 0.05) is 19.0 Å². The standard InChI is InChI=1S/C18H26N2O4/c1-12-4-6-13(7-5-12)17(22)19-10-14-9-15(21)11-20(14)18(23)16-3-2-8-24-16/h2-3,8,12-15,21H,4-7,9-11H2,1H3,(H,19,22)/t12?,13?,14-,15+/m0/s1. The maximum Gasteiger partial charge on any atom is 0.289 e. The van der Waals surface area contributed by atoms with Crippen molar-refractivity contribution in [3.63, 3.8) is 0 Å². The third kappa shape index (κ3) is 3.80. The zero-order valence-corrected chi connectivity index (χ0v) is 14.1. The van der Waals surface area contributed by atoms with Crippen LogP contribution in [0.1, 0.15) is 49.6 Å². The molecule has 1 saturated carbocycles. The van der Waals surface area contributed by atoms with E-state index in [0.29, 0.717) is 18.9 Å². The van der Waals surface area contributed by atoms with Crippen molar-refractivity contribution in [3.05, 3.63) is 24.2 Å². The van der Waals surface area contributed by atoms with Crippen LogP contribution < -0.4 is 5.32 Å². The first-order valence-electron chi connectivity index (χ1n) is 8.85. The van der Waals surface area contributed by atoms with Crippen LogP contribution in [0.4, 0.5) is 0 Å². The van der Waals surface area contributed by atoms with Gasteiger partial charge >= 0.3 is 0 Å². The van der Waals surface area contributed by atoms with E-state index >= 15 is 0 Å². The number of carbonyl (C=O) groups excluding carboxylic acids is 2. The average Bonchev–Trinajstić information content (AvgIpc) is 3.22. The Kier molecular flexibility index (Phi) is 5.23. The van der Waals surface area contributed by atoms with Gasteiger partial charge in [-0.15, -0.1) is 0 Å². The van der Waals surface area contributed by atoms with E-state index in [4.69, 9.17) is 4.42 Å². The number of furan rings is 1. The SMILES string of the molecule is CC1CCC(C(=O)NC[C@@H]2C[C@@H](O)CN2C(=O)c2ccco2)CC1. The van der Waals surface area contributed by atoms with Gasteiger partial charge in [0.2, 0.25) is 5.91 Å². The molecule has 1 aromatic heterocycles.